The van der Waals surface area contributed by atoms with Gasteiger partial charge in [0.1, 0.15) is 0 Å². The van der Waals surface area contributed by atoms with Crippen molar-refractivity contribution in [3.63, 3.8) is 0 Å². The minimum Gasteiger partial charge on any atom is -0.396 e. The number of benzene rings is 3. The van der Waals surface area contributed by atoms with Gasteiger partial charge < -0.3 is 11.5 Å². The molecule has 184 valence electrons. The normalized spacial score (nSPS) is 23.0. The highest BCUT2D eigenvalue weighted by molar-refractivity contribution is 6.04. The Morgan fingerprint density at radius 3 is 1.78 bits per heavy atom. The molecule has 6 nitrogen and oxygen atoms in total. The average molecular weight is 481 g/mol. The fourth-order valence-electron chi connectivity index (χ4n) is 6.14. The van der Waals surface area contributed by atoms with Crippen LogP contribution in [0, 0.1) is 15.5 Å². The molecule has 0 bridgehead atoms. The summed E-state index contributed by atoms with van der Waals surface area (Å²) in [7, 11) is 0. The first-order valence-electron chi connectivity index (χ1n) is 12.5. The van der Waals surface area contributed by atoms with Crippen molar-refractivity contribution in [1.29, 1.82) is 0 Å². The summed E-state index contributed by atoms with van der Waals surface area (Å²) in [4.78, 5) is 17.4. The van der Waals surface area contributed by atoms with Crippen molar-refractivity contribution in [1.82, 2.24) is 0 Å². The lowest BCUT2D eigenvalue weighted by Crippen LogP contribution is -2.62. The number of aliphatic imine (C=N–C) groups is 1. The highest BCUT2D eigenvalue weighted by Gasteiger charge is 2.58. The van der Waals surface area contributed by atoms with E-state index < -0.39 is 17.1 Å². The first kappa shape index (κ1) is 23.9. The van der Waals surface area contributed by atoms with Gasteiger partial charge >= 0.3 is 0 Å². The number of nitro groups is 1. The predicted octanol–water partition coefficient (Wildman–Crippen LogP) is 4.85. The number of nitrogens with zero attached hydrogens (tertiary/aromatic N) is 2. The molecule has 0 radical (unpaired) electrons. The molecule has 6 heteroatoms. The molecule has 1 aliphatic carbocycles. The smallest absolute Gasteiger partial charge is 0.299 e. The summed E-state index contributed by atoms with van der Waals surface area (Å²) in [5, 5.41) is 12.8. The Kier molecular flexibility index (Phi) is 6.46. The zero-order chi connectivity index (χ0) is 25.2. The first-order valence-corrected chi connectivity index (χ1v) is 12.5. The molecule has 0 saturated heterocycles. The number of fused-ring (bicyclic) bond motifs is 1. The second-order valence-electron chi connectivity index (χ2n) is 10.1. The van der Waals surface area contributed by atoms with Crippen LogP contribution < -0.4 is 11.5 Å². The number of allylic oxidation sites excluding steroid dienone is 1. The lowest BCUT2D eigenvalue weighted by Gasteiger charge is -2.46. The number of dihydropyridines is 1. The maximum atomic E-state index is 12.8. The van der Waals surface area contributed by atoms with Gasteiger partial charge in [-0.25, -0.2) is 0 Å². The van der Waals surface area contributed by atoms with E-state index in [1.807, 2.05) is 66.7 Å². The van der Waals surface area contributed by atoms with Crippen molar-refractivity contribution in [2.75, 3.05) is 0 Å². The number of rotatable bonds is 7. The molecule has 0 aromatic heterocycles. The van der Waals surface area contributed by atoms with Gasteiger partial charge in [0.05, 0.1) is 12.1 Å². The Hall–Kier alpha value is -3.77. The summed E-state index contributed by atoms with van der Waals surface area (Å²) in [5.41, 5.74) is 16.5. The van der Waals surface area contributed by atoms with Gasteiger partial charge in [-0.15, -0.1) is 0 Å². The molecule has 1 saturated carbocycles. The SMILES string of the molecule is NC1=C2C(=NC(N)C1(Cc1ccccc1)[N+](=O)[O-])CCCC2(Cc1ccccc1)Cc1ccccc1. The fourth-order valence-corrected chi connectivity index (χ4v) is 6.14. The van der Waals surface area contributed by atoms with Crippen LogP contribution in [0.25, 0.3) is 0 Å². The maximum absolute atomic E-state index is 12.8. The zero-order valence-corrected chi connectivity index (χ0v) is 20.3. The number of hydrogen-bond acceptors (Lipinski definition) is 5. The van der Waals surface area contributed by atoms with E-state index in [0.717, 1.165) is 49.0 Å². The number of hydrogen-bond donors (Lipinski definition) is 2. The highest BCUT2D eigenvalue weighted by Crippen LogP contribution is 2.50. The van der Waals surface area contributed by atoms with Gasteiger partial charge in [0.25, 0.3) is 5.54 Å². The van der Waals surface area contributed by atoms with Crippen molar-refractivity contribution >= 4 is 5.71 Å². The largest absolute Gasteiger partial charge is 0.396 e. The third-order valence-corrected chi connectivity index (χ3v) is 7.82. The molecule has 3 aromatic rings. The third-order valence-electron chi connectivity index (χ3n) is 7.82. The summed E-state index contributed by atoms with van der Waals surface area (Å²) in [6.07, 6.45) is 3.05. The topological polar surface area (TPSA) is 108 Å². The van der Waals surface area contributed by atoms with Crippen LogP contribution in [0.15, 0.2) is 107 Å². The van der Waals surface area contributed by atoms with Crippen molar-refractivity contribution < 1.29 is 4.92 Å². The average Bonchev–Trinajstić information content (AvgIpc) is 2.88. The lowest BCUT2D eigenvalue weighted by atomic mass is 9.60. The van der Waals surface area contributed by atoms with Crippen LogP contribution >= 0.6 is 0 Å². The predicted molar refractivity (Wildman–Crippen MR) is 143 cm³/mol. The van der Waals surface area contributed by atoms with Crippen LogP contribution in [-0.4, -0.2) is 22.3 Å². The Balaban J connectivity index is 1.70. The molecule has 2 unspecified atom stereocenters. The molecular weight excluding hydrogens is 448 g/mol. The Morgan fingerprint density at radius 2 is 1.31 bits per heavy atom. The first-order chi connectivity index (χ1) is 17.4. The summed E-state index contributed by atoms with van der Waals surface area (Å²) in [6, 6.07) is 30.1. The number of nitrogens with two attached hydrogens (primary N) is 2. The molecule has 2 atom stereocenters. The molecule has 0 amide bonds. The summed E-state index contributed by atoms with van der Waals surface area (Å²) < 4.78 is 0. The molecule has 3 aromatic carbocycles. The lowest BCUT2D eigenvalue weighted by molar-refractivity contribution is -0.562. The fraction of sp³-hybridized carbons (Fsp3) is 0.300. The van der Waals surface area contributed by atoms with Crippen LogP contribution in [0.1, 0.15) is 36.0 Å². The zero-order valence-electron chi connectivity index (χ0n) is 20.3. The summed E-state index contributed by atoms with van der Waals surface area (Å²) in [5.74, 6) is 0. The van der Waals surface area contributed by atoms with E-state index in [4.69, 9.17) is 16.5 Å². The summed E-state index contributed by atoms with van der Waals surface area (Å²) >= 11 is 0. The molecule has 36 heavy (non-hydrogen) atoms. The molecule has 1 fully saturated rings. The van der Waals surface area contributed by atoms with Gasteiger partial charge in [-0.2, -0.15) is 0 Å². The van der Waals surface area contributed by atoms with Crippen LogP contribution in [0.5, 0.6) is 0 Å². The van der Waals surface area contributed by atoms with E-state index >= 15 is 0 Å². The van der Waals surface area contributed by atoms with Crippen LogP contribution in [-0.2, 0) is 19.3 Å². The minimum absolute atomic E-state index is 0.0981. The highest BCUT2D eigenvalue weighted by atomic mass is 16.6. The van der Waals surface area contributed by atoms with Crippen molar-refractivity contribution in [2.24, 2.45) is 21.9 Å². The van der Waals surface area contributed by atoms with Gasteiger partial charge in [-0.1, -0.05) is 91.0 Å². The summed E-state index contributed by atoms with van der Waals surface area (Å²) in [6.45, 7) is 0. The molecule has 4 N–H and O–H groups in total. The van der Waals surface area contributed by atoms with Crippen molar-refractivity contribution in [3.8, 4) is 0 Å². The van der Waals surface area contributed by atoms with E-state index in [2.05, 4.69) is 24.3 Å². The molecule has 1 heterocycles. The third kappa shape index (κ3) is 4.22. The minimum atomic E-state index is -1.70. The molecule has 1 aliphatic heterocycles. The van der Waals surface area contributed by atoms with Gasteiger partial charge in [0, 0.05) is 21.6 Å². The second-order valence-corrected chi connectivity index (χ2v) is 10.1. The van der Waals surface area contributed by atoms with Gasteiger partial charge in [-0.3, -0.25) is 15.1 Å². The van der Waals surface area contributed by atoms with E-state index in [1.165, 1.54) is 11.1 Å². The van der Waals surface area contributed by atoms with Crippen LogP contribution in [0.4, 0.5) is 0 Å². The second kappa shape index (κ2) is 9.70. The quantitative estimate of drug-likeness (QED) is 0.372. The van der Waals surface area contributed by atoms with Crippen LogP contribution in [0.3, 0.4) is 0 Å². The Bertz CT molecular complexity index is 1250. The Labute approximate surface area is 211 Å². The van der Waals surface area contributed by atoms with Gasteiger partial charge in [-0.05, 0) is 48.8 Å². The van der Waals surface area contributed by atoms with Crippen LogP contribution in [0.2, 0.25) is 0 Å². The van der Waals surface area contributed by atoms with E-state index in [1.54, 1.807) is 0 Å². The van der Waals surface area contributed by atoms with Gasteiger partial charge in [0.2, 0.25) is 0 Å². The molecule has 5 rings (SSSR count). The standard InChI is InChI=1S/C30H32N4O2/c31-27-26-25(33-28(32)30(27,34(35)36)21-24-15-8-3-9-16-24)17-10-18-29(26,19-22-11-4-1-5-12-22)20-23-13-6-2-7-14-23/h1-9,11-16,28H,10,17-21,31-32H2. The van der Waals surface area contributed by atoms with Crippen molar-refractivity contribution in [2.45, 2.75) is 50.2 Å². The van der Waals surface area contributed by atoms with E-state index in [0.29, 0.717) is 0 Å². The van der Waals surface area contributed by atoms with Crippen molar-refractivity contribution in [3.05, 3.63) is 129 Å². The molecular formula is C30H32N4O2. The monoisotopic (exact) mass is 480 g/mol. The van der Waals surface area contributed by atoms with E-state index in [9.17, 15) is 10.1 Å². The molecule has 0 spiro atoms. The Morgan fingerprint density at radius 1 is 0.833 bits per heavy atom. The van der Waals surface area contributed by atoms with E-state index in [-0.39, 0.29) is 17.0 Å². The van der Waals surface area contributed by atoms with Gasteiger partial charge in [0.15, 0.2) is 6.17 Å². The molecule has 2 aliphatic rings. The maximum Gasteiger partial charge on any atom is 0.299 e.